The molecule has 26 heavy (non-hydrogen) atoms. The van der Waals surface area contributed by atoms with Gasteiger partial charge >= 0.3 is 0 Å². The Bertz CT molecular complexity index is 881. The quantitative estimate of drug-likeness (QED) is 0.327. The monoisotopic (exact) mass is 497 g/mol. The third-order valence-electron chi connectivity index (χ3n) is 3.67. The summed E-state index contributed by atoms with van der Waals surface area (Å²) in [6.07, 6.45) is 1.86. The van der Waals surface area contributed by atoms with E-state index in [0.717, 1.165) is 26.3 Å². The lowest BCUT2D eigenvalue weighted by atomic mass is 10.2. The van der Waals surface area contributed by atoms with Gasteiger partial charge in [0.15, 0.2) is 4.32 Å². The first kappa shape index (κ1) is 19.2. The van der Waals surface area contributed by atoms with Crippen LogP contribution in [-0.4, -0.2) is 23.9 Å². The van der Waals surface area contributed by atoms with Crippen molar-refractivity contribution >= 4 is 68.6 Å². The molecule has 0 spiro atoms. The number of halogens is 1. The highest BCUT2D eigenvalue weighted by molar-refractivity contribution is 14.1. The standard InChI is InChI=1S/C19H16INO3S2/c1-3-24-14-7-5-13(6-8-14)21-18(22)17(26-19(21)25)11-12-4-9-16(23-2)15(20)10-12/h4-11H,3H2,1-2H3/b17-11-. The van der Waals surface area contributed by atoms with Gasteiger partial charge in [0.2, 0.25) is 0 Å². The van der Waals surface area contributed by atoms with E-state index >= 15 is 0 Å². The number of amides is 1. The summed E-state index contributed by atoms with van der Waals surface area (Å²) in [5.74, 6) is 1.46. The van der Waals surface area contributed by atoms with E-state index in [-0.39, 0.29) is 5.91 Å². The normalized spacial score (nSPS) is 15.7. The van der Waals surface area contributed by atoms with Crippen molar-refractivity contribution in [2.24, 2.45) is 0 Å². The molecular weight excluding hydrogens is 481 g/mol. The molecule has 0 bridgehead atoms. The summed E-state index contributed by atoms with van der Waals surface area (Å²) in [4.78, 5) is 15.0. The average Bonchev–Trinajstić information content (AvgIpc) is 2.90. The van der Waals surface area contributed by atoms with Crippen LogP contribution < -0.4 is 14.4 Å². The molecule has 0 atom stereocenters. The van der Waals surface area contributed by atoms with Gasteiger partial charge in [-0.3, -0.25) is 9.69 Å². The Hall–Kier alpha value is -1.58. The van der Waals surface area contributed by atoms with Crippen LogP contribution in [0, 0.1) is 3.57 Å². The summed E-state index contributed by atoms with van der Waals surface area (Å²) in [7, 11) is 1.64. The Balaban J connectivity index is 1.85. The molecule has 1 aliphatic rings. The summed E-state index contributed by atoms with van der Waals surface area (Å²) in [5.41, 5.74) is 1.67. The third-order valence-corrected chi connectivity index (χ3v) is 5.82. The van der Waals surface area contributed by atoms with Crippen LogP contribution in [0.5, 0.6) is 11.5 Å². The summed E-state index contributed by atoms with van der Waals surface area (Å²) in [6.45, 7) is 2.53. The van der Waals surface area contributed by atoms with Crippen molar-refractivity contribution < 1.29 is 14.3 Å². The first-order chi connectivity index (χ1) is 12.5. The zero-order valence-electron chi connectivity index (χ0n) is 14.2. The number of thioether (sulfide) groups is 1. The second kappa shape index (κ2) is 8.41. The highest BCUT2D eigenvalue weighted by Crippen LogP contribution is 2.37. The first-order valence-corrected chi connectivity index (χ1v) is 10.2. The van der Waals surface area contributed by atoms with Crippen molar-refractivity contribution in [1.29, 1.82) is 0 Å². The maximum absolute atomic E-state index is 12.8. The molecule has 1 amide bonds. The van der Waals surface area contributed by atoms with E-state index in [0.29, 0.717) is 15.8 Å². The number of carbonyl (C=O) groups excluding carboxylic acids is 1. The zero-order valence-corrected chi connectivity index (χ0v) is 18.0. The number of anilines is 1. The summed E-state index contributed by atoms with van der Waals surface area (Å²) >= 11 is 8.93. The van der Waals surface area contributed by atoms with Gasteiger partial charge in [0.25, 0.3) is 5.91 Å². The van der Waals surface area contributed by atoms with Gasteiger partial charge in [-0.1, -0.05) is 30.0 Å². The number of hydrogen-bond donors (Lipinski definition) is 0. The molecule has 0 aromatic heterocycles. The molecule has 2 aromatic rings. The summed E-state index contributed by atoms with van der Waals surface area (Å²) < 4.78 is 12.2. The van der Waals surface area contributed by atoms with Crippen molar-refractivity contribution in [3.63, 3.8) is 0 Å². The Labute approximate surface area is 175 Å². The van der Waals surface area contributed by atoms with Crippen molar-refractivity contribution in [1.82, 2.24) is 0 Å². The number of methoxy groups -OCH3 is 1. The Morgan fingerprint density at radius 2 is 1.96 bits per heavy atom. The Morgan fingerprint density at radius 1 is 1.23 bits per heavy atom. The smallest absolute Gasteiger partial charge is 0.270 e. The van der Waals surface area contributed by atoms with Crippen molar-refractivity contribution in [3.05, 3.63) is 56.5 Å². The number of benzene rings is 2. The molecule has 1 saturated heterocycles. The molecule has 2 aromatic carbocycles. The summed E-state index contributed by atoms with van der Waals surface area (Å²) in [5, 5.41) is 0. The molecule has 134 valence electrons. The lowest BCUT2D eigenvalue weighted by Gasteiger charge is -2.15. The van der Waals surface area contributed by atoms with Crippen LogP contribution in [0.4, 0.5) is 5.69 Å². The molecule has 3 rings (SSSR count). The number of hydrogen-bond acceptors (Lipinski definition) is 5. The molecule has 1 aliphatic heterocycles. The van der Waals surface area contributed by atoms with Crippen LogP contribution in [0.25, 0.3) is 6.08 Å². The van der Waals surface area contributed by atoms with E-state index in [2.05, 4.69) is 22.6 Å². The third kappa shape index (κ3) is 4.05. The lowest BCUT2D eigenvalue weighted by Crippen LogP contribution is -2.27. The van der Waals surface area contributed by atoms with Gasteiger partial charge in [-0.2, -0.15) is 0 Å². The number of carbonyl (C=O) groups is 1. The number of rotatable bonds is 5. The van der Waals surface area contributed by atoms with Gasteiger partial charge in [0.05, 0.1) is 27.9 Å². The van der Waals surface area contributed by atoms with E-state index in [1.54, 1.807) is 12.0 Å². The second-order valence-corrected chi connectivity index (χ2v) is 8.18. The van der Waals surface area contributed by atoms with Gasteiger partial charge in [-0.05, 0) is 77.6 Å². The number of ether oxygens (including phenoxy) is 2. The predicted octanol–water partition coefficient (Wildman–Crippen LogP) is 5.10. The highest BCUT2D eigenvalue weighted by atomic mass is 127. The molecule has 1 fully saturated rings. The summed E-state index contributed by atoms with van der Waals surface area (Å²) in [6, 6.07) is 13.2. The van der Waals surface area contributed by atoms with Crippen LogP contribution in [0.3, 0.4) is 0 Å². The maximum Gasteiger partial charge on any atom is 0.270 e. The van der Waals surface area contributed by atoms with Gasteiger partial charge in [0, 0.05) is 0 Å². The van der Waals surface area contributed by atoms with Crippen LogP contribution >= 0.6 is 46.6 Å². The van der Waals surface area contributed by atoms with Crippen LogP contribution in [-0.2, 0) is 4.79 Å². The Kier molecular flexibility index (Phi) is 6.20. The molecule has 4 nitrogen and oxygen atoms in total. The molecule has 0 aliphatic carbocycles. The number of nitrogens with zero attached hydrogens (tertiary/aromatic N) is 1. The minimum absolute atomic E-state index is 0.116. The average molecular weight is 497 g/mol. The number of thiocarbonyl (C=S) groups is 1. The van der Waals surface area contributed by atoms with E-state index in [1.165, 1.54) is 11.8 Å². The minimum Gasteiger partial charge on any atom is -0.496 e. The fourth-order valence-electron chi connectivity index (χ4n) is 2.47. The molecule has 0 unspecified atom stereocenters. The zero-order chi connectivity index (χ0) is 18.7. The maximum atomic E-state index is 12.8. The Morgan fingerprint density at radius 3 is 2.58 bits per heavy atom. The highest BCUT2D eigenvalue weighted by Gasteiger charge is 2.33. The fraction of sp³-hybridized carbons (Fsp3) is 0.158. The van der Waals surface area contributed by atoms with Gasteiger partial charge < -0.3 is 9.47 Å². The van der Waals surface area contributed by atoms with Gasteiger partial charge in [-0.25, -0.2) is 0 Å². The molecule has 1 heterocycles. The first-order valence-electron chi connectivity index (χ1n) is 7.88. The van der Waals surface area contributed by atoms with Crippen molar-refractivity contribution in [2.45, 2.75) is 6.92 Å². The largest absolute Gasteiger partial charge is 0.496 e. The molecule has 7 heteroatoms. The van der Waals surface area contributed by atoms with E-state index < -0.39 is 0 Å². The van der Waals surface area contributed by atoms with Crippen molar-refractivity contribution in [2.75, 3.05) is 18.6 Å². The SMILES string of the molecule is CCOc1ccc(N2C(=O)/C(=C/c3ccc(OC)c(I)c3)SC2=S)cc1. The predicted molar refractivity (Wildman–Crippen MR) is 119 cm³/mol. The minimum atomic E-state index is -0.116. The second-order valence-electron chi connectivity index (χ2n) is 5.34. The van der Waals surface area contributed by atoms with E-state index in [1.807, 2.05) is 55.5 Å². The van der Waals surface area contributed by atoms with Gasteiger partial charge in [-0.15, -0.1) is 0 Å². The van der Waals surface area contributed by atoms with Crippen LogP contribution in [0.2, 0.25) is 0 Å². The molecular formula is C19H16INO3S2. The van der Waals surface area contributed by atoms with E-state index in [4.69, 9.17) is 21.7 Å². The van der Waals surface area contributed by atoms with Gasteiger partial charge in [0.1, 0.15) is 11.5 Å². The molecule has 0 saturated carbocycles. The van der Waals surface area contributed by atoms with Crippen LogP contribution in [0.1, 0.15) is 12.5 Å². The van der Waals surface area contributed by atoms with E-state index in [9.17, 15) is 4.79 Å². The van der Waals surface area contributed by atoms with Crippen LogP contribution in [0.15, 0.2) is 47.4 Å². The fourth-order valence-corrected chi connectivity index (χ4v) is 4.53. The molecule has 0 N–H and O–H groups in total. The van der Waals surface area contributed by atoms with Crippen molar-refractivity contribution in [3.8, 4) is 11.5 Å². The lowest BCUT2D eigenvalue weighted by molar-refractivity contribution is -0.113. The molecule has 0 radical (unpaired) electrons. The topological polar surface area (TPSA) is 38.8 Å².